The molecule has 4 nitrogen and oxygen atoms in total. The minimum atomic E-state index is 0.186. The predicted molar refractivity (Wildman–Crippen MR) is 87.6 cm³/mol. The third-order valence-corrected chi connectivity index (χ3v) is 5.71. The highest BCUT2D eigenvalue weighted by atomic mass is 32.1. The summed E-state index contributed by atoms with van der Waals surface area (Å²) in [6.07, 6.45) is 5.55. The van der Waals surface area contributed by atoms with Crippen molar-refractivity contribution in [1.29, 1.82) is 0 Å². The molecule has 1 saturated heterocycles. The Balaban J connectivity index is 1.53. The van der Waals surface area contributed by atoms with Gasteiger partial charge in [-0.05, 0) is 45.2 Å². The zero-order valence-electron chi connectivity index (χ0n) is 13.1. The van der Waals surface area contributed by atoms with Crippen molar-refractivity contribution in [3.63, 3.8) is 0 Å². The molecule has 3 heterocycles. The zero-order valence-corrected chi connectivity index (χ0v) is 13.9. The van der Waals surface area contributed by atoms with Gasteiger partial charge < -0.3 is 9.47 Å². The lowest BCUT2D eigenvalue weighted by atomic mass is 10.2. The van der Waals surface area contributed by atoms with Gasteiger partial charge in [0, 0.05) is 35.8 Å². The summed E-state index contributed by atoms with van der Waals surface area (Å²) < 4.78 is 2.39. The first kappa shape index (κ1) is 14.0. The molecule has 2 aromatic rings. The van der Waals surface area contributed by atoms with Crippen molar-refractivity contribution in [3.05, 3.63) is 39.6 Å². The minimum Gasteiger partial charge on any atom is -0.336 e. The van der Waals surface area contributed by atoms with E-state index in [1.165, 1.54) is 29.2 Å². The van der Waals surface area contributed by atoms with E-state index in [0.29, 0.717) is 12.0 Å². The Labute approximate surface area is 134 Å². The monoisotopic (exact) mass is 315 g/mol. The predicted octanol–water partition coefficient (Wildman–Crippen LogP) is 3.53. The van der Waals surface area contributed by atoms with Crippen molar-refractivity contribution < 1.29 is 4.79 Å². The number of aryl methyl sites for hydroxylation is 2. The first-order valence-electron chi connectivity index (χ1n) is 8.03. The van der Waals surface area contributed by atoms with Crippen molar-refractivity contribution in [2.45, 2.75) is 45.1 Å². The molecule has 0 spiro atoms. The van der Waals surface area contributed by atoms with Crippen molar-refractivity contribution in [2.24, 2.45) is 0 Å². The Morgan fingerprint density at radius 3 is 2.77 bits per heavy atom. The maximum atomic E-state index is 12.6. The smallest absolute Gasteiger partial charge is 0.263 e. The van der Waals surface area contributed by atoms with E-state index in [1.54, 1.807) is 11.3 Å². The van der Waals surface area contributed by atoms with E-state index in [4.69, 9.17) is 0 Å². The third kappa shape index (κ3) is 2.37. The van der Waals surface area contributed by atoms with E-state index in [2.05, 4.69) is 16.5 Å². The maximum absolute atomic E-state index is 12.6. The second-order valence-electron chi connectivity index (χ2n) is 6.51. The summed E-state index contributed by atoms with van der Waals surface area (Å²) in [5, 5.41) is 0. The second kappa shape index (κ2) is 5.23. The summed E-state index contributed by atoms with van der Waals surface area (Å²) in [5.74, 6) is 2.08. The lowest BCUT2D eigenvalue weighted by Gasteiger charge is -2.19. The number of thiophene rings is 1. The van der Waals surface area contributed by atoms with Crippen LogP contribution in [0, 0.1) is 13.8 Å². The molecular weight excluding hydrogens is 294 g/mol. The largest absolute Gasteiger partial charge is 0.336 e. The van der Waals surface area contributed by atoms with Gasteiger partial charge in [-0.1, -0.05) is 0 Å². The van der Waals surface area contributed by atoms with Crippen LogP contribution in [0.1, 0.15) is 57.3 Å². The third-order valence-electron chi connectivity index (χ3n) is 4.72. The number of rotatable bonds is 3. The number of carbonyl (C=O) groups is 1. The highest BCUT2D eigenvalue weighted by Gasteiger charge is 2.34. The Kier molecular flexibility index (Phi) is 3.33. The topological polar surface area (TPSA) is 38.1 Å². The minimum absolute atomic E-state index is 0.186. The van der Waals surface area contributed by atoms with Crippen LogP contribution >= 0.6 is 11.3 Å². The van der Waals surface area contributed by atoms with E-state index in [-0.39, 0.29) is 5.91 Å². The fourth-order valence-electron chi connectivity index (χ4n) is 3.43. The molecule has 4 rings (SSSR count). The van der Waals surface area contributed by atoms with E-state index < -0.39 is 0 Å². The quantitative estimate of drug-likeness (QED) is 0.869. The first-order chi connectivity index (χ1) is 10.6. The average Bonchev–Trinajstić information content (AvgIpc) is 2.91. The van der Waals surface area contributed by atoms with Crippen LogP contribution in [0.4, 0.5) is 0 Å². The van der Waals surface area contributed by atoms with Gasteiger partial charge in [0.25, 0.3) is 5.91 Å². The number of likely N-dealkylation sites (tertiary alicyclic amines) is 1. The van der Waals surface area contributed by atoms with Gasteiger partial charge in [0.05, 0.1) is 10.9 Å². The highest BCUT2D eigenvalue weighted by molar-refractivity contribution is 7.13. The number of carbonyl (C=O) groups excluding carboxylic acids is 1. The summed E-state index contributed by atoms with van der Waals surface area (Å²) in [5.41, 5.74) is 1.23. The number of amides is 1. The van der Waals surface area contributed by atoms with Crippen LogP contribution in [0.5, 0.6) is 0 Å². The van der Waals surface area contributed by atoms with E-state index in [0.717, 1.165) is 24.4 Å². The summed E-state index contributed by atoms with van der Waals surface area (Å²) in [7, 11) is 0. The average molecular weight is 315 g/mol. The molecule has 5 heteroatoms. The molecule has 0 aromatic carbocycles. The lowest BCUT2D eigenvalue weighted by molar-refractivity contribution is 0.0792. The molecule has 1 amide bonds. The molecule has 0 bridgehead atoms. The fraction of sp³-hybridized carbons (Fsp3) is 0.529. The Morgan fingerprint density at radius 2 is 2.09 bits per heavy atom. The summed E-state index contributed by atoms with van der Waals surface area (Å²) in [4.78, 5) is 21.3. The molecule has 2 aliphatic rings. The van der Waals surface area contributed by atoms with Gasteiger partial charge in [0.15, 0.2) is 0 Å². The first-order valence-corrected chi connectivity index (χ1v) is 8.84. The zero-order chi connectivity index (χ0) is 15.3. The standard InChI is InChI=1S/C17H21N3OS/c1-11-9-18-16(13-4-5-13)20(11)14-7-8-19(10-14)17(21)15-6-3-12(2)22-15/h3,6,9,13-14H,4-5,7-8,10H2,1-2H3. The van der Waals surface area contributed by atoms with Gasteiger partial charge in [-0.3, -0.25) is 4.79 Å². The number of aromatic nitrogens is 2. The van der Waals surface area contributed by atoms with Gasteiger partial charge in [-0.15, -0.1) is 11.3 Å². The Hall–Kier alpha value is -1.62. The molecule has 0 radical (unpaired) electrons. The van der Waals surface area contributed by atoms with Gasteiger partial charge in [0.1, 0.15) is 5.82 Å². The maximum Gasteiger partial charge on any atom is 0.263 e. The molecule has 0 N–H and O–H groups in total. The van der Waals surface area contributed by atoms with Crippen molar-refractivity contribution in [2.75, 3.05) is 13.1 Å². The molecule has 2 fully saturated rings. The van der Waals surface area contributed by atoms with E-state index in [9.17, 15) is 4.79 Å². The van der Waals surface area contributed by atoms with Crippen molar-refractivity contribution in [3.8, 4) is 0 Å². The molecule has 1 saturated carbocycles. The van der Waals surface area contributed by atoms with Crippen LogP contribution in [0.3, 0.4) is 0 Å². The van der Waals surface area contributed by atoms with E-state index >= 15 is 0 Å². The number of hydrogen-bond acceptors (Lipinski definition) is 3. The van der Waals surface area contributed by atoms with Crippen molar-refractivity contribution in [1.82, 2.24) is 14.5 Å². The molecule has 1 aliphatic carbocycles. The number of hydrogen-bond donors (Lipinski definition) is 0. The van der Waals surface area contributed by atoms with E-state index in [1.807, 2.05) is 30.2 Å². The van der Waals surface area contributed by atoms with Crippen LogP contribution < -0.4 is 0 Å². The van der Waals surface area contributed by atoms with Crippen LogP contribution in [-0.2, 0) is 0 Å². The fourth-order valence-corrected chi connectivity index (χ4v) is 4.26. The normalized spacial score (nSPS) is 21.5. The summed E-state index contributed by atoms with van der Waals surface area (Å²) in [6.45, 7) is 5.84. The van der Waals surface area contributed by atoms with Crippen LogP contribution in [0.2, 0.25) is 0 Å². The molecule has 2 aromatic heterocycles. The molecule has 22 heavy (non-hydrogen) atoms. The Bertz CT molecular complexity index is 713. The summed E-state index contributed by atoms with van der Waals surface area (Å²) >= 11 is 1.59. The second-order valence-corrected chi connectivity index (χ2v) is 7.79. The molecule has 1 atom stereocenters. The molecular formula is C17H21N3OS. The van der Waals surface area contributed by atoms with Crippen molar-refractivity contribution >= 4 is 17.2 Å². The number of nitrogens with zero attached hydrogens (tertiary/aromatic N) is 3. The molecule has 1 unspecified atom stereocenters. The van der Waals surface area contributed by atoms with Crippen LogP contribution in [0.25, 0.3) is 0 Å². The van der Waals surface area contributed by atoms with Gasteiger partial charge in [-0.25, -0.2) is 4.98 Å². The highest BCUT2D eigenvalue weighted by Crippen LogP contribution is 2.41. The Morgan fingerprint density at radius 1 is 1.27 bits per heavy atom. The van der Waals surface area contributed by atoms with Gasteiger partial charge in [0.2, 0.25) is 0 Å². The van der Waals surface area contributed by atoms with Crippen LogP contribution in [-0.4, -0.2) is 33.4 Å². The number of imidazole rings is 1. The molecule has 116 valence electrons. The lowest BCUT2D eigenvalue weighted by Crippen LogP contribution is -2.28. The molecule has 1 aliphatic heterocycles. The van der Waals surface area contributed by atoms with Gasteiger partial charge >= 0.3 is 0 Å². The van der Waals surface area contributed by atoms with Gasteiger partial charge in [-0.2, -0.15) is 0 Å². The van der Waals surface area contributed by atoms with Crippen LogP contribution in [0.15, 0.2) is 18.3 Å². The summed E-state index contributed by atoms with van der Waals surface area (Å²) in [6, 6.07) is 4.37. The SMILES string of the molecule is Cc1ccc(C(=O)N2CCC(n3c(C)cnc3C3CC3)C2)s1.